The minimum Gasteiger partial charge on any atom is -0.321 e. The van der Waals surface area contributed by atoms with Crippen LogP contribution in [-0.2, 0) is 24.1 Å². The molecule has 30 heavy (non-hydrogen) atoms. The largest absolute Gasteiger partial charge is 0.433 e. The number of carbonyl (C=O) groups is 2. The molecule has 8 nitrogen and oxygen atoms in total. The topological polar surface area (TPSA) is 93.8 Å². The minimum atomic E-state index is -4.64. The monoisotopic (exact) mass is 420 g/mol. The van der Waals surface area contributed by atoms with Gasteiger partial charge in [-0.05, 0) is 32.0 Å². The van der Waals surface area contributed by atoms with Crippen molar-refractivity contribution in [2.45, 2.75) is 33.1 Å². The first-order valence-electron chi connectivity index (χ1n) is 9.02. The molecule has 1 aromatic carbocycles. The average Bonchev–Trinajstić information content (AvgIpc) is 3.25. The third-order valence-electron chi connectivity index (χ3n) is 4.09. The maximum atomic E-state index is 13.1. The van der Waals surface area contributed by atoms with Gasteiger partial charge in [0.1, 0.15) is 12.2 Å². The summed E-state index contributed by atoms with van der Waals surface area (Å²) < 4.78 is 41.3. The summed E-state index contributed by atoms with van der Waals surface area (Å²) in [4.78, 5) is 25.0. The first kappa shape index (κ1) is 21.1. The van der Waals surface area contributed by atoms with Crippen molar-refractivity contribution in [3.63, 3.8) is 0 Å². The van der Waals surface area contributed by atoms with E-state index >= 15 is 0 Å². The van der Waals surface area contributed by atoms with Crippen LogP contribution < -0.4 is 10.6 Å². The molecule has 3 rings (SSSR count). The van der Waals surface area contributed by atoms with Crippen molar-refractivity contribution in [3.8, 4) is 0 Å². The molecule has 0 aliphatic rings. The molecule has 2 N–H and O–H groups in total. The lowest BCUT2D eigenvalue weighted by Gasteiger charge is -2.10. The van der Waals surface area contributed by atoms with E-state index < -0.39 is 30.2 Å². The molecule has 0 saturated heterocycles. The Balaban J connectivity index is 1.79. The fraction of sp³-hybridized carbons (Fsp3) is 0.263. The van der Waals surface area contributed by atoms with Gasteiger partial charge in [-0.3, -0.25) is 19.0 Å². The highest BCUT2D eigenvalue weighted by molar-refractivity contribution is 6.08. The molecular weight excluding hydrogens is 401 g/mol. The van der Waals surface area contributed by atoms with Crippen molar-refractivity contribution in [2.24, 2.45) is 0 Å². The van der Waals surface area contributed by atoms with Gasteiger partial charge < -0.3 is 10.6 Å². The fourth-order valence-electron chi connectivity index (χ4n) is 2.77. The van der Waals surface area contributed by atoms with E-state index in [2.05, 4.69) is 20.8 Å². The third kappa shape index (κ3) is 4.85. The highest BCUT2D eigenvalue weighted by Gasteiger charge is 2.36. The van der Waals surface area contributed by atoms with E-state index in [4.69, 9.17) is 0 Å². The third-order valence-corrected chi connectivity index (χ3v) is 4.09. The summed E-state index contributed by atoms with van der Waals surface area (Å²) in [6.45, 7) is 2.96. The van der Waals surface area contributed by atoms with Gasteiger partial charge in [-0.2, -0.15) is 23.4 Å². The molecule has 0 aliphatic carbocycles. The molecule has 0 radical (unpaired) electrons. The number of nitrogens with one attached hydrogen (secondary N) is 2. The van der Waals surface area contributed by atoms with Crippen LogP contribution >= 0.6 is 0 Å². The second-order valence-corrected chi connectivity index (χ2v) is 6.44. The Labute approximate surface area is 169 Å². The zero-order chi connectivity index (χ0) is 21.9. The molecule has 158 valence electrons. The second-order valence-electron chi connectivity index (χ2n) is 6.44. The highest BCUT2D eigenvalue weighted by Crippen LogP contribution is 2.29. The summed E-state index contributed by atoms with van der Waals surface area (Å²) >= 11 is 0. The smallest absolute Gasteiger partial charge is 0.321 e. The van der Waals surface area contributed by atoms with Crippen LogP contribution in [0.15, 0.2) is 42.6 Å². The summed E-state index contributed by atoms with van der Waals surface area (Å²) in [5.74, 6) is -1.33. The van der Waals surface area contributed by atoms with Crippen LogP contribution in [0.3, 0.4) is 0 Å². The van der Waals surface area contributed by atoms with E-state index in [9.17, 15) is 22.8 Å². The molecule has 2 aromatic heterocycles. The Bertz CT molecular complexity index is 1060. The normalized spacial score (nSPS) is 11.4. The quantitative estimate of drug-likeness (QED) is 0.640. The molecule has 11 heteroatoms. The molecular formula is C19H19F3N6O2. The van der Waals surface area contributed by atoms with Crippen molar-refractivity contribution < 1.29 is 22.8 Å². The van der Waals surface area contributed by atoms with Gasteiger partial charge in [-0.15, -0.1) is 0 Å². The molecule has 2 heterocycles. The summed E-state index contributed by atoms with van der Waals surface area (Å²) in [6, 6.07) is 9.51. The number of benzene rings is 1. The lowest BCUT2D eigenvalue weighted by atomic mass is 10.3. The summed E-state index contributed by atoms with van der Waals surface area (Å²) in [7, 11) is 0. The van der Waals surface area contributed by atoms with Crippen LogP contribution in [-0.4, -0.2) is 31.4 Å². The lowest BCUT2D eigenvalue weighted by Crippen LogP contribution is -2.24. The molecule has 0 spiro atoms. The van der Waals surface area contributed by atoms with E-state index in [-0.39, 0.29) is 17.1 Å². The van der Waals surface area contributed by atoms with Gasteiger partial charge in [0.05, 0.1) is 11.4 Å². The standard InChI is InChI=1S/C19H19F3N6O2/c1-3-27-10-14(17(26-27)18(30)23-13-7-5-4-6-8-13)24-16(29)11-28-15(19(20,21)22)9-12(2)25-28/h4-10H,3,11H2,1-2H3,(H,23,30)(H,24,29). The number of carbonyl (C=O) groups excluding carboxylic acids is 2. The number of hydrogen-bond donors (Lipinski definition) is 2. The number of aryl methyl sites for hydroxylation is 2. The number of halogens is 3. The van der Waals surface area contributed by atoms with Gasteiger partial charge in [-0.1, -0.05) is 18.2 Å². The van der Waals surface area contributed by atoms with Crippen LogP contribution in [0.1, 0.15) is 28.8 Å². The first-order valence-corrected chi connectivity index (χ1v) is 9.02. The van der Waals surface area contributed by atoms with E-state index in [0.29, 0.717) is 16.9 Å². The number of rotatable bonds is 6. The van der Waals surface area contributed by atoms with Crippen molar-refractivity contribution in [1.82, 2.24) is 19.6 Å². The molecule has 0 bridgehead atoms. The number of hydrogen-bond acceptors (Lipinski definition) is 4. The van der Waals surface area contributed by atoms with Crippen LogP contribution in [0.5, 0.6) is 0 Å². The van der Waals surface area contributed by atoms with Gasteiger partial charge in [0.15, 0.2) is 5.69 Å². The van der Waals surface area contributed by atoms with Gasteiger partial charge >= 0.3 is 6.18 Å². The van der Waals surface area contributed by atoms with Crippen molar-refractivity contribution in [2.75, 3.05) is 10.6 Å². The summed E-state index contributed by atoms with van der Waals surface area (Å²) in [5.41, 5.74) is -0.319. The minimum absolute atomic E-state index is 0.0539. The van der Waals surface area contributed by atoms with Gasteiger partial charge in [0, 0.05) is 18.4 Å². The molecule has 0 unspecified atom stereocenters. The van der Waals surface area contributed by atoms with E-state index in [1.807, 2.05) is 0 Å². The summed E-state index contributed by atoms with van der Waals surface area (Å²) in [6.07, 6.45) is -3.20. The Morgan fingerprint density at radius 2 is 1.80 bits per heavy atom. The SMILES string of the molecule is CCn1cc(NC(=O)Cn2nc(C)cc2C(F)(F)F)c(C(=O)Nc2ccccc2)n1. The Morgan fingerprint density at radius 1 is 1.10 bits per heavy atom. The molecule has 0 aliphatic heterocycles. The number of nitrogens with zero attached hydrogens (tertiary/aromatic N) is 4. The molecule has 2 amide bonds. The Hall–Kier alpha value is -3.63. The predicted molar refractivity (Wildman–Crippen MR) is 103 cm³/mol. The average molecular weight is 420 g/mol. The fourth-order valence-corrected chi connectivity index (χ4v) is 2.77. The molecule has 0 atom stereocenters. The van der Waals surface area contributed by atoms with Gasteiger partial charge in [-0.25, -0.2) is 0 Å². The van der Waals surface area contributed by atoms with Crippen molar-refractivity contribution in [3.05, 3.63) is 59.7 Å². The van der Waals surface area contributed by atoms with Crippen LogP contribution in [0.2, 0.25) is 0 Å². The van der Waals surface area contributed by atoms with Crippen LogP contribution in [0, 0.1) is 6.92 Å². The highest BCUT2D eigenvalue weighted by atomic mass is 19.4. The Morgan fingerprint density at radius 3 is 2.43 bits per heavy atom. The van der Waals surface area contributed by atoms with Crippen LogP contribution in [0.4, 0.5) is 24.5 Å². The van der Waals surface area contributed by atoms with E-state index in [0.717, 1.165) is 6.07 Å². The van der Waals surface area contributed by atoms with E-state index in [1.165, 1.54) is 17.8 Å². The molecule has 3 aromatic rings. The maximum absolute atomic E-state index is 13.1. The second kappa shape index (κ2) is 8.39. The van der Waals surface area contributed by atoms with E-state index in [1.54, 1.807) is 37.3 Å². The van der Waals surface area contributed by atoms with Gasteiger partial charge in [0.25, 0.3) is 5.91 Å². The number of aromatic nitrogens is 4. The van der Waals surface area contributed by atoms with Crippen molar-refractivity contribution >= 4 is 23.2 Å². The Kier molecular flexibility index (Phi) is 5.90. The number of para-hydroxylation sites is 1. The zero-order valence-corrected chi connectivity index (χ0v) is 16.2. The number of amides is 2. The molecule has 0 saturated carbocycles. The predicted octanol–water partition coefficient (Wildman–Crippen LogP) is 3.32. The van der Waals surface area contributed by atoms with Crippen molar-refractivity contribution in [1.29, 1.82) is 0 Å². The van der Waals surface area contributed by atoms with Gasteiger partial charge in [0.2, 0.25) is 5.91 Å². The first-order chi connectivity index (χ1) is 14.2. The van der Waals surface area contributed by atoms with Crippen LogP contribution in [0.25, 0.3) is 0 Å². The lowest BCUT2D eigenvalue weighted by molar-refractivity contribution is -0.144. The number of anilines is 2. The summed E-state index contributed by atoms with van der Waals surface area (Å²) in [5, 5.41) is 13.0. The molecule has 0 fully saturated rings. The number of alkyl halides is 3. The zero-order valence-electron chi connectivity index (χ0n) is 16.2. The maximum Gasteiger partial charge on any atom is 0.433 e.